The lowest BCUT2D eigenvalue weighted by Gasteiger charge is -2.24. The van der Waals surface area contributed by atoms with E-state index in [1.54, 1.807) is 7.05 Å². The van der Waals surface area contributed by atoms with Crippen molar-refractivity contribution in [1.82, 2.24) is 4.68 Å². The standard InChI is InChI=1S/C17H20N2O3/c1-5-11-6-7-13-12(8-11)16(19(21)18(13)4)14-9-17(2,3)10-15(20)22-14/h6-9H,5,10H2,1-4H3. The smallest absolute Gasteiger partial charge is 0.312 e. The predicted octanol–water partition coefficient (Wildman–Crippen LogP) is 2.69. The van der Waals surface area contributed by atoms with Crippen LogP contribution < -0.4 is 4.85 Å². The van der Waals surface area contributed by atoms with Crippen molar-refractivity contribution in [2.45, 2.75) is 33.6 Å². The first-order chi connectivity index (χ1) is 10.3. The first-order valence-electron chi connectivity index (χ1n) is 7.47. The van der Waals surface area contributed by atoms with Gasteiger partial charge in [-0.25, -0.2) is 0 Å². The van der Waals surface area contributed by atoms with Gasteiger partial charge in [0.1, 0.15) is 5.52 Å². The third-order valence-electron chi connectivity index (χ3n) is 4.12. The van der Waals surface area contributed by atoms with Crippen LogP contribution in [0.2, 0.25) is 0 Å². The van der Waals surface area contributed by atoms with E-state index in [1.807, 2.05) is 38.1 Å². The number of cyclic esters (lactones) is 1. The number of fused-ring (bicyclic) bond motifs is 1. The predicted molar refractivity (Wildman–Crippen MR) is 83.7 cm³/mol. The number of carbonyl (C=O) groups is 1. The van der Waals surface area contributed by atoms with Crippen molar-refractivity contribution in [3.05, 3.63) is 40.7 Å². The lowest BCUT2D eigenvalue weighted by atomic mass is 9.86. The maximum absolute atomic E-state index is 12.6. The summed E-state index contributed by atoms with van der Waals surface area (Å²) < 4.78 is 6.90. The summed E-state index contributed by atoms with van der Waals surface area (Å²) in [7, 11) is 1.71. The van der Waals surface area contributed by atoms with Gasteiger partial charge < -0.3 is 9.94 Å². The van der Waals surface area contributed by atoms with E-state index in [0.29, 0.717) is 17.9 Å². The fourth-order valence-electron chi connectivity index (χ4n) is 2.94. The number of hydrogen-bond donors (Lipinski definition) is 0. The Hall–Kier alpha value is -2.30. The normalized spacial score (nSPS) is 17.5. The first-order valence-corrected chi connectivity index (χ1v) is 7.47. The minimum atomic E-state index is -0.317. The van der Waals surface area contributed by atoms with Crippen molar-refractivity contribution in [1.29, 1.82) is 0 Å². The Morgan fingerprint density at radius 3 is 2.77 bits per heavy atom. The van der Waals surface area contributed by atoms with Crippen LogP contribution in [0.3, 0.4) is 0 Å². The number of aromatic nitrogens is 2. The van der Waals surface area contributed by atoms with Crippen molar-refractivity contribution in [3.8, 4) is 0 Å². The molecule has 22 heavy (non-hydrogen) atoms. The van der Waals surface area contributed by atoms with Crippen molar-refractivity contribution in [2.75, 3.05) is 0 Å². The van der Waals surface area contributed by atoms with Crippen LogP contribution in [0.4, 0.5) is 0 Å². The summed E-state index contributed by atoms with van der Waals surface area (Å²) in [4.78, 5) is 12.7. The third-order valence-corrected chi connectivity index (χ3v) is 4.12. The zero-order valence-electron chi connectivity index (χ0n) is 13.3. The zero-order valence-corrected chi connectivity index (χ0v) is 13.3. The molecule has 1 aliphatic rings. The fraction of sp³-hybridized carbons (Fsp3) is 0.412. The molecule has 0 radical (unpaired) electrons. The van der Waals surface area contributed by atoms with Gasteiger partial charge in [-0.15, -0.1) is 4.68 Å². The molecule has 0 aliphatic carbocycles. The quantitative estimate of drug-likeness (QED) is 0.487. The van der Waals surface area contributed by atoms with Crippen molar-refractivity contribution >= 4 is 22.6 Å². The average Bonchev–Trinajstić information content (AvgIpc) is 2.68. The van der Waals surface area contributed by atoms with Gasteiger partial charge in [-0.3, -0.25) is 4.79 Å². The molecular formula is C17H20N2O3. The van der Waals surface area contributed by atoms with Crippen molar-refractivity contribution in [2.24, 2.45) is 12.5 Å². The highest BCUT2D eigenvalue weighted by Crippen LogP contribution is 2.35. The highest BCUT2D eigenvalue weighted by molar-refractivity contribution is 5.91. The monoisotopic (exact) mass is 300 g/mol. The van der Waals surface area contributed by atoms with Crippen LogP contribution in [-0.4, -0.2) is 10.7 Å². The Kier molecular flexibility index (Phi) is 3.24. The zero-order chi connectivity index (χ0) is 16.1. The van der Waals surface area contributed by atoms with Crippen molar-refractivity contribution in [3.63, 3.8) is 0 Å². The number of esters is 1. The largest absolute Gasteiger partial charge is 0.595 e. The molecule has 3 rings (SSSR count). The molecule has 0 bridgehead atoms. The Bertz CT molecular complexity index is 800. The number of rotatable bonds is 2. The molecule has 0 saturated heterocycles. The molecule has 0 spiro atoms. The van der Waals surface area contributed by atoms with E-state index >= 15 is 0 Å². The van der Waals surface area contributed by atoms with E-state index in [2.05, 4.69) is 6.92 Å². The van der Waals surface area contributed by atoms with Crippen molar-refractivity contribution < 1.29 is 14.4 Å². The lowest BCUT2D eigenvalue weighted by molar-refractivity contribution is -0.691. The molecule has 1 aromatic heterocycles. The number of carbonyl (C=O) groups excluding carboxylic acids is 1. The lowest BCUT2D eigenvalue weighted by Crippen LogP contribution is -2.39. The van der Waals surface area contributed by atoms with Crippen LogP contribution in [0, 0.1) is 10.6 Å². The second-order valence-corrected chi connectivity index (χ2v) is 6.50. The Labute approximate surface area is 129 Å². The van der Waals surface area contributed by atoms with Crippen LogP contribution in [0.15, 0.2) is 24.3 Å². The average molecular weight is 300 g/mol. The minimum absolute atomic E-state index is 0.300. The number of nitrogens with zero attached hydrogens (tertiary/aromatic N) is 2. The first kappa shape index (κ1) is 14.6. The number of ether oxygens (including phenoxy) is 1. The van der Waals surface area contributed by atoms with E-state index in [-0.39, 0.29) is 11.4 Å². The SMILES string of the molecule is CCc1ccc2c(c1)c(C1=CC(C)(C)CC(=O)O1)[n+]([O-])n2C. The van der Waals surface area contributed by atoms with Crippen LogP contribution in [0.25, 0.3) is 16.7 Å². The Morgan fingerprint density at radius 2 is 2.14 bits per heavy atom. The molecule has 0 fully saturated rings. The van der Waals surface area contributed by atoms with Gasteiger partial charge >= 0.3 is 5.97 Å². The van der Waals surface area contributed by atoms with Gasteiger partial charge in [0.25, 0.3) is 5.69 Å². The molecule has 1 aromatic carbocycles. The molecule has 0 unspecified atom stereocenters. The number of allylic oxidation sites excluding steroid dienone is 1. The molecule has 116 valence electrons. The van der Waals surface area contributed by atoms with Crippen LogP contribution >= 0.6 is 0 Å². The van der Waals surface area contributed by atoms with E-state index in [1.165, 1.54) is 4.68 Å². The number of hydrogen-bond acceptors (Lipinski definition) is 3. The molecule has 0 N–H and O–H groups in total. The molecule has 0 atom stereocenters. The third kappa shape index (κ3) is 2.26. The van der Waals surface area contributed by atoms with Gasteiger partial charge in [0.05, 0.1) is 18.9 Å². The maximum Gasteiger partial charge on any atom is 0.312 e. The summed E-state index contributed by atoms with van der Waals surface area (Å²) in [5, 5.41) is 13.4. The highest BCUT2D eigenvalue weighted by atomic mass is 16.5. The second-order valence-electron chi connectivity index (χ2n) is 6.50. The van der Waals surface area contributed by atoms with E-state index in [4.69, 9.17) is 4.74 Å². The summed E-state index contributed by atoms with van der Waals surface area (Å²) in [6, 6.07) is 5.94. The molecule has 5 nitrogen and oxygen atoms in total. The molecule has 5 heteroatoms. The van der Waals surface area contributed by atoms with Gasteiger partial charge in [0, 0.05) is 0 Å². The summed E-state index contributed by atoms with van der Waals surface area (Å²) in [5.74, 6) is 0.0567. The van der Waals surface area contributed by atoms with E-state index < -0.39 is 0 Å². The number of aryl methyl sites for hydroxylation is 2. The molecule has 2 aromatic rings. The van der Waals surface area contributed by atoms with Crippen LogP contribution in [-0.2, 0) is 23.0 Å². The van der Waals surface area contributed by atoms with Gasteiger partial charge in [-0.05, 0) is 35.6 Å². The summed E-state index contributed by atoms with van der Waals surface area (Å²) in [5.41, 5.74) is 2.06. The Morgan fingerprint density at radius 1 is 1.41 bits per heavy atom. The van der Waals surface area contributed by atoms with Crippen LogP contribution in [0.5, 0.6) is 0 Å². The minimum Gasteiger partial charge on any atom is -0.595 e. The molecule has 0 amide bonds. The molecular weight excluding hydrogens is 280 g/mol. The number of benzene rings is 1. The Balaban J connectivity index is 2.28. The maximum atomic E-state index is 12.6. The summed E-state index contributed by atoms with van der Waals surface area (Å²) in [6.45, 7) is 5.99. The summed E-state index contributed by atoms with van der Waals surface area (Å²) in [6.07, 6.45) is 3.07. The van der Waals surface area contributed by atoms with Gasteiger partial charge in [-0.2, -0.15) is 0 Å². The topological polar surface area (TPSA) is 58.2 Å². The van der Waals surface area contributed by atoms with Gasteiger partial charge in [0.15, 0.2) is 0 Å². The molecule has 1 aliphatic heterocycles. The second kappa shape index (κ2) is 4.87. The van der Waals surface area contributed by atoms with Gasteiger partial charge in [-0.1, -0.05) is 31.7 Å². The fourth-order valence-corrected chi connectivity index (χ4v) is 2.94. The van der Waals surface area contributed by atoms with E-state index in [9.17, 15) is 10.0 Å². The molecule has 2 heterocycles. The molecule has 0 saturated carbocycles. The highest BCUT2D eigenvalue weighted by Gasteiger charge is 2.34. The summed E-state index contributed by atoms with van der Waals surface area (Å²) >= 11 is 0. The van der Waals surface area contributed by atoms with E-state index in [0.717, 1.165) is 27.7 Å². The van der Waals surface area contributed by atoms with Gasteiger partial charge in [0.2, 0.25) is 5.76 Å². The van der Waals surface area contributed by atoms with Crippen LogP contribution in [0.1, 0.15) is 38.4 Å².